The van der Waals surface area contributed by atoms with Crippen molar-refractivity contribution in [1.29, 1.82) is 0 Å². The number of nitrogen functional groups attached to an aromatic ring is 1. The van der Waals surface area contributed by atoms with Crippen LogP contribution in [0.4, 0.5) is 10.1 Å². The second-order valence-corrected chi connectivity index (χ2v) is 8.13. The van der Waals surface area contributed by atoms with Crippen LogP contribution in [0.2, 0.25) is 0 Å². The zero-order valence-electron chi connectivity index (χ0n) is 11.4. The monoisotopic (exact) mass is 313 g/mol. The van der Waals surface area contributed by atoms with Gasteiger partial charge in [-0.05, 0) is 55.4 Å². The smallest absolute Gasteiger partial charge is 0.138 e. The molecule has 1 spiro atoms. The molecule has 2 heterocycles. The van der Waals surface area contributed by atoms with Gasteiger partial charge in [-0.2, -0.15) is 11.8 Å². The molecule has 2 N–H and O–H groups in total. The van der Waals surface area contributed by atoms with E-state index in [1.165, 1.54) is 17.6 Å². The average Bonchev–Trinajstić information content (AvgIpc) is 2.43. The summed E-state index contributed by atoms with van der Waals surface area (Å²) in [6.45, 7) is 0.804. The molecule has 3 rings (SSSR count). The first-order valence-electron chi connectivity index (χ1n) is 7.10. The summed E-state index contributed by atoms with van der Waals surface area (Å²) < 4.78 is 20.0. The summed E-state index contributed by atoms with van der Waals surface area (Å²) in [5.41, 5.74) is 6.15. The summed E-state index contributed by atoms with van der Waals surface area (Å²) >= 11 is 3.66. The predicted octanol–water partition coefficient (Wildman–Crippen LogP) is 3.94. The number of hydrogen-bond acceptors (Lipinski definition) is 4. The van der Waals surface area contributed by atoms with E-state index in [1.54, 1.807) is 23.9 Å². The molecular formula is C15H20FNOS2. The van der Waals surface area contributed by atoms with Crippen LogP contribution in [-0.4, -0.2) is 29.0 Å². The summed E-state index contributed by atoms with van der Waals surface area (Å²) in [4.78, 5) is 0.714. The first-order valence-corrected chi connectivity index (χ1v) is 9.14. The molecule has 1 unspecified atom stereocenters. The first-order chi connectivity index (χ1) is 9.67. The summed E-state index contributed by atoms with van der Waals surface area (Å²) in [5.74, 6) is 2.18. The quantitative estimate of drug-likeness (QED) is 0.839. The highest BCUT2D eigenvalue weighted by atomic mass is 32.2. The Hall–Kier alpha value is -0.390. The molecule has 110 valence electrons. The fourth-order valence-electron chi connectivity index (χ4n) is 2.97. The Morgan fingerprint density at radius 3 is 2.90 bits per heavy atom. The Morgan fingerprint density at radius 2 is 2.15 bits per heavy atom. The van der Waals surface area contributed by atoms with Crippen molar-refractivity contribution in [3.63, 3.8) is 0 Å². The van der Waals surface area contributed by atoms with Crippen molar-refractivity contribution in [1.82, 2.24) is 0 Å². The van der Waals surface area contributed by atoms with Crippen LogP contribution in [0.5, 0.6) is 0 Å². The van der Waals surface area contributed by atoms with Gasteiger partial charge in [0.1, 0.15) is 5.82 Å². The van der Waals surface area contributed by atoms with E-state index >= 15 is 0 Å². The van der Waals surface area contributed by atoms with Crippen molar-refractivity contribution >= 4 is 29.2 Å². The zero-order valence-corrected chi connectivity index (χ0v) is 13.1. The SMILES string of the molecule is Nc1ccc(SC2CCOC3(CCSCC3)C2)c(F)c1. The largest absolute Gasteiger partial charge is 0.399 e. The lowest BCUT2D eigenvalue weighted by molar-refractivity contribution is -0.0805. The molecular weight excluding hydrogens is 293 g/mol. The topological polar surface area (TPSA) is 35.2 Å². The minimum atomic E-state index is -0.199. The number of thioether (sulfide) groups is 2. The van der Waals surface area contributed by atoms with Crippen molar-refractivity contribution in [2.45, 2.75) is 41.4 Å². The van der Waals surface area contributed by atoms with E-state index in [2.05, 4.69) is 0 Å². The molecule has 0 radical (unpaired) electrons. The van der Waals surface area contributed by atoms with Gasteiger partial charge < -0.3 is 10.5 Å². The van der Waals surface area contributed by atoms with Crippen molar-refractivity contribution in [2.75, 3.05) is 23.8 Å². The summed E-state index contributed by atoms with van der Waals surface area (Å²) in [6, 6.07) is 4.99. The molecule has 0 aliphatic carbocycles. The number of anilines is 1. The van der Waals surface area contributed by atoms with Gasteiger partial charge in [-0.15, -0.1) is 11.8 Å². The van der Waals surface area contributed by atoms with E-state index in [4.69, 9.17) is 10.5 Å². The molecule has 1 atom stereocenters. The van der Waals surface area contributed by atoms with Gasteiger partial charge in [0.25, 0.3) is 0 Å². The third-order valence-electron chi connectivity index (χ3n) is 4.10. The lowest BCUT2D eigenvalue weighted by Gasteiger charge is -2.43. The lowest BCUT2D eigenvalue weighted by Crippen LogP contribution is -2.43. The van der Waals surface area contributed by atoms with Crippen LogP contribution in [-0.2, 0) is 4.74 Å². The second kappa shape index (κ2) is 6.16. The molecule has 5 heteroatoms. The van der Waals surface area contributed by atoms with Crippen molar-refractivity contribution in [3.8, 4) is 0 Å². The second-order valence-electron chi connectivity index (χ2n) is 5.57. The maximum absolute atomic E-state index is 13.9. The highest BCUT2D eigenvalue weighted by Crippen LogP contribution is 2.43. The van der Waals surface area contributed by atoms with E-state index in [0.29, 0.717) is 15.8 Å². The van der Waals surface area contributed by atoms with Gasteiger partial charge in [0.2, 0.25) is 0 Å². The molecule has 20 heavy (non-hydrogen) atoms. The number of halogens is 1. The molecule has 0 bridgehead atoms. The van der Waals surface area contributed by atoms with Crippen LogP contribution >= 0.6 is 23.5 Å². The first kappa shape index (κ1) is 14.5. The maximum Gasteiger partial charge on any atom is 0.138 e. The van der Waals surface area contributed by atoms with Crippen molar-refractivity contribution in [2.24, 2.45) is 0 Å². The summed E-state index contributed by atoms with van der Waals surface area (Å²) in [6.07, 6.45) is 4.32. The predicted molar refractivity (Wildman–Crippen MR) is 84.9 cm³/mol. The van der Waals surface area contributed by atoms with Gasteiger partial charge in [0.05, 0.1) is 5.60 Å². The fourth-order valence-corrected chi connectivity index (χ4v) is 5.48. The number of hydrogen-bond donors (Lipinski definition) is 1. The van der Waals surface area contributed by atoms with Crippen LogP contribution in [0.3, 0.4) is 0 Å². The molecule has 2 aliphatic rings. The van der Waals surface area contributed by atoms with E-state index in [1.807, 2.05) is 11.8 Å². The Labute approximate surface area is 128 Å². The van der Waals surface area contributed by atoms with Gasteiger partial charge in [-0.25, -0.2) is 4.39 Å². The van der Waals surface area contributed by atoms with E-state index in [-0.39, 0.29) is 11.4 Å². The molecule has 1 aromatic carbocycles. The third-order valence-corrected chi connectivity index (χ3v) is 6.41. The van der Waals surface area contributed by atoms with Crippen LogP contribution in [0, 0.1) is 5.82 Å². The number of rotatable bonds is 2. The zero-order chi connectivity index (χ0) is 14.0. The van der Waals surface area contributed by atoms with Crippen LogP contribution < -0.4 is 5.73 Å². The van der Waals surface area contributed by atoms with Crippen LogP contribution in [0.1, 0.15) is 25.7 Å². The third kappa shape index (κ3) is 3.26. The molecule has 2 saturated heterocycles. The molecule has 0 saturated carbocycles. The molecule has 2 fully saturated rings. The fraction of sp³-hybridized carbons (Fsp3) is 0.600. The van der Waals surface area contributed by atoms with Gasteiger partial charge >= 0.3 is 0 Å². The Bertz CT molecular complexity index is 471. The maximum atomic E-state index is 13.9. The van der Waals surface area contributed by atoms with E-state index < -0.39 is 0 Å². The summed E-state index contributed by atoms with van der Waals surface area (Å²) in [7, 11) is 0. The van der Waals surface area contributed by atoms with Gasteiger partial charge in [-0.1, -0.05) is 0 Å². The normalized spacial score (nSPS) is 25.8. The highest BCUT2D eigenvalue weighted by Gasteiger charge is 2.39. The number of benzene rings is 1. The summed E-state index contributed by atoms with van der Waals surface area (Å²) in [5, 5.41) is 0.449. The average molecular weight is 313 g/mol. The standard InChI is InChI=1S/C15H20FNOS2/c16-13-9-11(17)1-2-14(13)20-12-3-6-18-15(10-12)4-7-19-8-5-15/h1-2,9,12H,3-8,10,17H2. The highest BCUT2D eigenvalue weighted by molar-refractivity contribution is 8.00. The van der Waals surface area contributed by atoms with Crippen LogP contribution in [0.15, 0.2) is 23.1 Å². The number of nitrogens with two attached hydrogens (primary N) is 1. The van der Waals surface area contributed by atoms with E-state index in [9.17, 15) is 4.39 Å². The molecule has 2 aliphatic heterocycles. The molecule has 2 nitrogen and oxygen atoms in total. The van der Waals surface area contributed by atoms with E-state index in [0.717, 1.165) is 32.3 Å². The van der Waals surface area contributed by atoms with Crippen molar-refractivity contribution < 1.29 is 9.13 Å². The minimum Gasteiger partial charge on any atom is -0.399 e. The Balaban J connectivity index is 1.68. The van der Waals surface area contributed by atoms with Crippen LogP contribution in [0.25, 0.3) is 0 Å². The number of ether oxygens (including phenoxy) is 1. The van der Waals surface area contributed by atoms with Gasteiger partial charge in [-0.3, -0.25) is 0 Å². The van der Waals surface area contributed by atoms with Gasteiger partial charge in [0.15, 0.2) is 0 Å². The Kier molecular flexibility index (Phi) is 4.48. The van der Waals surface area contributed by atoms with Crippen molar-refractivity contribution in [3.05, 3.63) is 24.0 Å². The molecule has 0 amide bonds. The van der Waals surface area contributed by atoms with Gasteiger partial charge in [0, 0.05) is 22.4 Å². The minimum absolute atomic E-state index is 0.0610. The molecule has 1 aromatic rings. The Morgan fingerprint density at radius 1 is 1.35 bits per heavy atom. The molecule has 0 aromatic heterocycles. The lowest BCUT2D eigenvalue weighted by atomic mass is 9.88.